The van der Waals surface area contributed by atoms with Gasteiger partial charge in [0.1, 0.15) is 5.69 Å². The molecule has 0 bridgehead atoms. The van der Waals surface area contributed by atoms with Gasteiger partial charge in [0, 0.05) is 17.2 Å². The molecular weight excluding hydrogens is 312 g/mol. The highest BCUT2D eigenvalue weighted by Gasteiger charge is 2.31. The first kappa shape index (κ1) is 12.0. The van der Waals surface area contributed by atoms with E-state index < -0.39 is 0 Å². The number of likely N-dealkylation sites (tertiary alicyclic amines) is 1. The monoisotopic (exact) mass is 324 g/mol. The van der Waals surface area contributed by atoms with Crippen molar-refractivity contribution in [3.63, 3.8) is 0 Å². The molecule has 0 aliphatic carbocycles. The van der Waals surface area contributed by atoms with Gasteiger partial charge in [-0.25, -0.2) is 0 Å². The number of nitrogens with zero attached hydrogens (tertiary/aromatic N) is 1. The van der Waals surface area contributed by atoms with Crippen molar-refractivity contribution in [3.05, 3.63) is 44.8 Å². The van der Waals surface area contributed by atoms with Crippen molar-refractivity contribution < 1.29 is 4.79 Å². The van der Waals surface area contributed by atoms with E-state index in [0.29, 0.717) is 5.69 Å². The molecule has 1 saturated heterocycles. The number of aromatic amines is 1. The molecule has 5 heteroatoms. The molecule has 94 valence electrons. The molecule has 1 aliphatic heterocycles. The van der Waals surface area contributed by atoms with Gasteiger partial charge in [-0.2, -0.15) is 11.3 Å². The van der Waals surface area contributed by atoms with Crippen LogP contribution in [0.15, 0.2) is 33.6 Å². The Morgan fingerprint density at radius 2 is 2.44 bits per heavy atom. The fraction of sp³-hybridized carbons (Fsp3) is 0.308. The van der Waals surface area contributed by atoms with E-state index in [-0.39, 0.29) is 11.9 Å². The summed E-state index contributed by atoms with van der Waals surface area (Å²) >= 11 is 5.05. The zero-order valence-electron chi connectivity index (χ0n) is 9.73. The van der Waals surface area contributed by atoms with Crippen molar-refractivity contribution in [2.75, 3.05) is 6.54 Å². The van der Waals surface area contributed by atoms with E-state index in [1.165, 1.54) is 5.56 Å². The minimum absolute atomic E-state index is 0.0920. The average molecular weight is 325 g/mol. The van der Waals surface area contributed by atoms with E-state index in [1.807, 2.05) is 11.0 Å². The van der Waals surface area contributed by atoms with Crippen LogP contribution < -0.4 is 0 Å². The summed E-state index contributed by atoms with van der Waals surface area (Å²) in [7, 11) is 0. The Kier molecular flexibility index (Phi) is 3.26. The van der Waals surface area contributed by atoms with Crippen molar-refractivity contribution in [1.82, 2.24) is 9.88 Å². The fourth-order valence-corrected chi connectivity index (χ4v) is 3.52. The maximum atomic E-state index is 12.4. The molecular formula is C13H13BrN2OS. The first-order valence-corrected chi connectivity index (χ1v) is 7.66. The van der Waals surface area contributed by atoms with Crippen LogP contribution in [0.2, 0.25) is 0 Å². The van der Waals surface area contributed by atoms with Crippen LogP contribution in [0.1, 0.15) is 34.9 Å². The summed E-state index contributed by atoms with van der Waals surface area (Å²) in [5.74, 6) is 0.0920. The lowest BCUT2D eigenvalue weighted by Gasteiger charge is -2.23. The molecule has 0 radical (unpaired) electrons. The number of halogens is 1. The van der Waals surface area contributed by atoms with E-state index in [4.69, 9.17) is 0 Å². The maximum absolute atomic E-state index is 12.4. The number of amides is 1. The maximum Gasteiger partial charge on any atom is 0.270 e. The third kappa shape index (κ3) is 2.12. The van der Waals surface area contributed by atoms with Crippen molar-refractivity contribution in [3.8, 4) is 0 Å². The minimum atomic E-state index is 0.0920. The summed E-state index contributed by atoms with van der Waals surface area (Å²) in [4.78, 5) is 17.4. The first-order valence-electron chi connectivity index (χ1n) is 5.92. The number of hydrogen-bond acceptors (Lipinski definition) is 2. The van der Waals surface area contributed by atoms with Gasteiger partial charge in [-0.1, -0.05) is 0 Å². The lowest BCUT2D eigenvalue weighted by molar-refractivity contribution is 0.0730. The average Bonchev–Trinajstić information content (AvgIpc) is 3.08. The second kappa shape index (κ2) is 4.90. The number of hydrogen-bond donors (Lipinski definition) is 1. The van der Waals surface area contributed by atoms with Crippen molar-refractivity contribution in [1.29, 1.82) is 0 Å². The molecule has 0 unspecified atom stereocenters. The van der Waals surface area contributed by atoms with E-state index in [1.54, 1.807) is 17.5 Å². The van der Waals surface area contributed by atoms with E-state index in [9.17, 15) is 4.79 Å². The van der Waals surface area contributed by atoms with Gasteiger partial charge >= 0.3 is 0 Å². The van der Waals surface area contributed by atoms with E-state index in [2.05, 4.69) is 37.7 Å². The molecule has 1 N–H and O–H groups in total. The van der Waals surface area contributed by atoms with Crippen LogP contribution >= 0.6 is 27.3 Å². The standard InChI is InChI=1S/C13H13BrN2OS/c14-10-6-11(15-7-10)13(17)16-4-1-2-12(16)9-3-5-18-8-9/h3,5-8,12,15H,1-2,4H2/t12-/m0/s1. The second-order valence-electron chi connectivity index (χ2n) is 4.44. The highest BCUT2D eigenvalue weighted by atomic mass is 79.9. The summed E-state index contributed by atoms with van der Waals surface area (Å²) in [6.07, 6.45) is 3.93. The number of H-pyrrole nitrogens is 1. The summed E-state index contributed by atoms with van der Waals surface area (Å²) in [6, 6.07) is 4.20. The number of thiophene rings is 1. The van der Waals surface area contributed by atoms with Gasteiger partial charge in [0.05, 0.1) is 6.04 Å². The van der Waals surface area contributed by atoms with Crippen molar-refractivity contribution in [2.45, 2.75) is 18.9 Å². The zero-order valence-corrected chi connectivity index (χ0v) is 12.1. The molecule has 0 saturated carbocycles. The largest absolute Gasteiger partial charge is 0.356 e. The predicted molar refractivity (Wildman–Crippen MR) is 75.8 cm³/mol. The van der Waals surface area contributed by atoms with Crippen LogP contribution in [-0.4, -0.2) is 22.3 Å². The third-order valence-corrected chi connectivity index (χ3v) is 4.48. The highest BCUT2D eigenvalue weighted by Crippen LogP contribution is 2.34. The Labute approximate surface area is 118 Å². The number of rotatable bonds is 2. The fourth-order valence-electron chi connectivity index (χ4n) is 2.47. The molecule has 2 aromatic rings. The van der Waals surface area contributed by atoms with Crippen LogP contribution in [0.5, 0.6) is 0 Å². The molecule has 3 rings (SSSR count). The number of nitrogens with one attached hydrogen (secondary N) is 1. The summed E-state index contributed by atoms with van der Waals surface area (Å²) < 4.78 is 0.914. The third-order valence-electron chi connectivity index (χ3n) is 3.32. The summed E-state index contributed by atoms with van der Waals surface area (Å²) in [5, 5.41) is 4.21. The van der Waals surface area contributed by atoms with E-state index >= 15 is 0 Å². The van der Waals surface area contributed by atoms with Gasteiger partial charge in [0.15, 0.2) is 0 Å². The highest BCUT2D eigenvalue weighted by molar-refractivity contribution is 9.10. The first-order chi connectivity index (χ1) is 8.75. The van der Waals surface area contributed by atoms with E-state index in [0.717, 1.165) is 23.9 Å². The Morgan fingerprint density at radius 1 is 1.56 bits per heavy atom. The molecule has 1 aliphatic rings. The Bertz CT molecular complexity index is 549. The molecule has 3 heterocycles. The summed E-state index contributed by atoms with van der Waals surface area (Å²) in [5.41, 5.74) is 1.92. The van der Waals surface area contributed by atoms with Crippen molar-refractivity contribution >= 4 is 33.2 Å². The molecule has 0 spiro atoms. The van der Waals surface area contributed by atoms with Gasteiger partial charge in [0.25, 0.3) is 5.91 Å². The van der Waals surface area contributed by atoms with Crippen molar-refractivity contribution in [2.24, 2.45) is 0 Å². The van der Waals surface area contributed by atoms with Gasteiger partial charge in [-0.3, -0.25) is 4.79 Å². The van der Waals surface area contributed by atoms with Gasteiger partial charge < -0.3 is 9.88 Å². The van der Waals surface area contributed by atoms with Gasteiger partial charge in [0.2, 0.25) is 0 Å². The molecule has 2 aromatic heterocycles. The normalized spacial score (nSPS) is 19.4. The van der Waals surface area contributed by atoms with Gasteiger partial charge in [-0.15, -0.1) is 0 Å². The minimum Gasteiger partial charge on any atom is -0.356 e. The second-order valence-corrected chi connectivity index (χ2v) is 6.14. The van der Waals surface area contributed by atoms with Crippen LogP contribution in [0.25, 0.3) is 0 Å². The van der Waals surface area contributed by atoms with Crippen LogP contribution in [0.3, 0.4) is 0 Å². The van der Waals surface area contributed by atoms with Crippen LogP contribution in [-0.2, 0) is 0 Å². The Morgan fingerprint density at radius 3 is 3.11 bits per heavy atom. The zero-order chi connectivity index (χ0) is 12.5. The van der Waals surface area contributed by atoms with Crippen LogP contribution in [0, 0.1) is 0 Å². The van der Waals surface area contributed by atoms with Crippen LogP contribution in [0.4, 0.5) is 0 Å². The lowest BCUT2D eigenvalue weighted by atomic mass is 10.1. The topological polar surface area (TPSA) is 36.1 Å². The molecule has 18 heavy (non-hydrogen) atoms. The quantitative estimate of drug-likeness (QED) is 0.895. The number of aromatic nitrogens is 1. The number of carbonyl (C=O) groups is 1. The molecule has 1 atom stereocenters. The predicted octanol–water partition coefficient (Wildman–Crippen LogP) is 3.82. The SMILES string of the molecule is O=C(c1cc(Br)c[nH]1)N1CCC[C@H]1c1ccsc1. The number of carbonyl (C=O) groups excluding carboxylic acids is 1. The Hall–Kier alpha value is -1.07. The molecule has 1 fully saturated rings. The lowest BCUT2D eigenvalue weighted by Crippen LogP contribution is -2.30. The molecule has 0 aromatic carbocycles. The Balaban J connectivity index is 1.85. The molecule has 1 amide bonds. The molecule has 3 nitrogen and oxygen atoms in total. The smallest absolute Gasteiger partial charge is 0.270 e. The van der Waals surface area contributed by atoms with Gasteiger partial charge in [-0.05, 0) is 57.2 Å². The summed E-state index contributed by atoms with van der Waals surface area (Å²) in [6.45, 7) is 0.843.